The predicted molar refractivity (Wildman–Crippen MR) is 60.4 cm³/mol. The molecule has 0 saturated carbocycles. The van der Waals surface area contributed by atoms with Crippen molar-refractivity contribution in [1.82, 2.24) is 0 Å². The fraction of sp³-hybridized carbons (Fsp3) is 0.455. The molecule has 3 heteroatoms. The third-order valence-electron chi connectivity index (χ3n) is 2.21. The van der Waals surface area contributed by atoms with Crippen LogP contribution in [0.25, 0.3) is 0 Å². The average Bonchev–Trinajstić information content (AvgIpc) is 2.24. The van der Waals surface area contributed by atoms with Gasteiger partial charge in [-0.2, -0.15) is 0 Å². The highest BCUT2D eigenvalue weighted by molar-refractivity contribution is 7.99. The number of hydrogen-bond donors (Lipinski definition) is 0. The summed E-state index contributed by atoms with van der Waals surface area (Å²) < 4.78 is 10.8. The van der Waals surface area contributed by atoms with Gasteiger partial charge in [-0.3, -0.25) is 0 Å². The molecule has 0 amide bonds. The fourth-order valence-corrected chi connectivity index (χ4v) is 2.07. The van der Waals surface area contributed by atoms with Gasteiger partial charge in [-0.1, -0.05) is 41.6 Å². The second-order valence-corrected chi connectivity index (χ2v) is 3.98. The number of ether oxygens (including phenoxy) is 2. The summed E-state index contributed by atoms with van der Waals surface area (Å²) in [5.74, 6) is 0. The van der Waals surface area contributed by atoms with Crippen molar-refractivity contribution < 1.29 is 9.47 Å². The van der Waals surface area contributed by atoms with Gasteiger partial charge in [0, 0.05) is 19.8 Å². The first-order chi connectivity index (χ1) is 6.68. The van der Waals surface area contributed by atoms with Gasteiger partial charge in [-0.15, -0.1) is 0 Å². The number of benzene rings is 1. The van der Waals surface area contributed by atoms with Crippen molar-refractivity contribution in [3.63, 3.8) is 0 Å². The molecule has 0 bridgehead atoms. The quantitative estimate of drug-likeness (QED) is 0.715. The maximum atomic E-state index is 5.40. The van der Waals surface area contributed by atoms with E-state index in [-0.39, 0.29) is 0 Å². The lowest BCUT2D eigenvalue weighted by Crippen LogP contribution is -2.26. The van der Waals surface area contributed by atoms with Crippen LogP contribution in [0.4, 0.5) is 0 Å². The van der Waals surface area contributed by atoms with Crippen molar-refractivity contribution in [1.29, 1.82) is 0 Å². The number of rotatable bonds is 4. The summed E-state index contributed by atoms with van der Waals surface area (Å²) in [5.41, 5.74) is 2.26. The summed E-state index contributed by atoms with van der Waals surface area (Å²) in [6.07, 6.45) is 1.97. The van der Waals surface area contributed by atoms with Gasteiger partial charge >= 0.3 is 0 Å². The van der Waals surface area contributed by atoms with E-state index in [4.69, 9.17) is 9.47 Å². The molecule has 0 spiro atoms. The van der Waals surface area contributed by atoms with E-state index < -0.39 is 5.12 Å². The van der Waals surface area contributed by atoms with Crippen molar-refractivity contribution in [2.24, 2.45) is 0 Å². The van der Waals surface area contributed by atoms with E-state index in [0.29, 0.717) is 0 Å². The monoisotopic (exact) mass is 212 g/mol. The molecule has 0 N–H and O–H groups in total. The van der Waals surface area contributed by atoms with E-state index in [2.05, 4.69) is 19.1 Å². The molecular weight excluding hydrogens is 196 g/mol. The normalized spacial score (nSPS) is 11.7. The van der Waals surface area contributed by atoms with Crippen molar-refractivity contribution in [2.75, 3.05) is 20.5 Å². The molecule has 0 aliphatic heterocycles. The topological polar surface area (TPSA) is 18.5 Å². The van der Waals surface area contributed by atoms with Gasteiger partial charge in [0.25, 0.3) is 0 Å². The van der Waals surface area contributed by atoms with Crippen LogP contribution in [0.1, 0.15) is 11.1 Å². The Bertz CT molecular complexity index is 270. The predicted octanol–water partition coefficient (Wildman–Crippen LogP) is 2.76. The Labute approximate surface area is 89.6 Å². The second-order valence-electron chi connectivity index (χ2n) is 3.03. The molecule has 2 nitrogen and oxygen atoms in total. The van der Waals surface area contributed by atoms with Crippen LogP contribution in [0.5, 0.6) is 0 Å². The third-order valence-corrected chi connectivity index (χ3v) is 3.32. The van der Waals surface area contributed by atoms with E-state index in [1.807, 2.05) is 18.4 Å². The lowest BCUT2D eigenvalue weighted by atomic mass is 10.1. The number of methoxy groups -OCH3 is 2. The standard InChI is InChI=1S/C11H16O2S/c1-9-5-7-10(8-6-9)11(12-2,13-3)14-4/h5-8H,1-4H3. The van der Waals surface area contributed by atoms with Crippen molar-refractivity contribution in [3.05, 3.63) is 35.4 Å². The minimum absolute atomic E-state index is 0.673. The maximum absolute atomic E-state index is 5.40. The zero-order valence-electron chi connectivity index (χ0n) is 9.03. The van der Waals surface area contributed by atoms with Gasteiger partial charge < -0.3 is 9.47 Å². The summed E-state index contributed by atoms with van der Waals surface area (Å²) in [6, 6.07) is 8.16. The molecule has 0 atom stereocenters. The van der Waals surface area contributed by atoms with Gasteiger partial charge in [0.1, 0.15) is 0 Å². The lowest BCUT2D eigenvalue weighted by molar-refractivity contribution is -0.140. The van der Waals surface area contributed by atoms with Crippen LogP contribution < -0.4 is 0 Å². The highest BCUT2D eigenvalue weighted by atomic mass is 32.2. The van der Waals surface area contributed by atoms with Gasteiger partial charge in [0.2, 0.25) is 5.12 Å². The minimum atomic E-state index is -0.673. The summed E-state index contributed by atoms with van der Waals surface area (Å²) in [7, 11) is 3.31. The lowest BCUT2D eigenvalue weighted by Gasteiger charge is -2.29. The molecule has 0 radical (unpaired) electrons. The molecular formula is C11H16O2S. The molecule has 1 aromatic rings. The van der Waals surface area contributed by atoms with E-state index in [1.165, 1.54) is 17.3 Å². The Balaban J connectivity index is 3.05. The van der Waals surface area contributed by atoms with E-state index in [1.54, 1.807) is 14.2 Å². The molecule has 0 aromatic heterocycles. The minimum Gasteiger partial charge on any atom is -0.341 e. The highest BCUT2D eigenvalue weighted by Crippen LogP contribution is 2.36. The van der Waals surface area contributed by atoms with Crippen LogP contribution in [0.2, 0.25) is 0 Å². The SMILES string of the molecule is COC(OC)(SC)c1ccc(C)cc1. The Hall–Kier alpha value is -0.510. The van der Waals surface area contributed by atoms with Crippen LogP contribution in [0.3, 0.4) is 0 Å². The fourth-order valence-electron chi connectivity index (χ4n) is 1.36. The summed E-state index contributed by atoms with van der Waals surface area (Å²) >= 11 is 1.53. The van der Waals surface area contributed by atoms with E-state index in [0.717, 1.165) is 5.56 Å². The van der Waals surface area contributed by atoms with Gasteiger partial charge in [-0.25, -0.2) is 0 Å². The molecule has 0 aliphatic carbocycles. The Morgan fingerprint density at radius 3 is 1.93 bits per heavy atom. The maximum Gasteiger partial charge on any atom is 0.245 e. The zero-order chi connectivity index (χ0) is 10.6. The van der Waals surface area contributed by atoms with E-state index >= 15 is 0 Å². The van der Waals surface area contributed by atoms with Crippen molar-refractivity contribution >= 4 is 11.8 Å². The second kappa shape index (κ2) is 4.82. The van der Waals surface area contributed by atoms with Gasteiger partial charge in [-0.05, 0) is 13.2 Å². The zero-order valence-corrected chi connectivity index (χ0v) is 9.85. The smallest absolute Gasteiger partial charge is 0.245 e. The van der Waals surface area contributed by atoms with Gasteiger partial charge in [0.05, 0.1) is 0 Å². The number of hydrogen-bond acceptors (Lipinski definition) is 3. The van der Waals surface area contributed by atoms with Crippen LogP contribution >= 0.6 is 11.8 Å². The molecule has 0 heterocycles. The molecule has 0 aliphatic rings. The molecule has 0 fully saturated rings. The summed E-state index contributed by atoms with van der Waals surface area (Å²) in [5, 5.41) is -0.673. The van der Waals surface area contributed by atoms with Crippen LogP contribution in [0.15, 0.2) is 24.3 Å². The number of aryl methyl sites for hydroxylation is 1. The first-order valence-electron chi connectivity index (χ1n) is 4.41. The Kier molecular flexibility index (Phi) is 3.98. The largest absolute Gasteiger partial charge is 0.341 e. The van der Waals surface area contributed by atoms with Crippen molar-refractivity contribution in [3.8, 4) is 0 Å². The molecule has 0 saturated heterocycles. The van der Waals surface area contributed by atoms with Gasteiger partial charge in [0.15, 0.2) is 0 Å². The van der Waals surface area contributed by atoms with E-state index in [9.17, 15) is 0 Å². The molecule has 0 unspecified atom stereocenters. The third kappa shape index (κ3) is 2.11. The first-order valence-corrected chi connectivity index (χ1v) is 5.63. The first kappa shape index (κ1) is 11.6. The Morgan fingerprint density at radius 1 is 1.07 bits per heavy atom. The van der Waals surface area contributed by atoms with Crippen LogP contribution in [-0.4, -0.2) is 20.5 Å². The molecule has 1 rings (SSSR count). The highest BCUT2D eigenvalue weighted by Gasteiger charge is 2.30. The molecule has 1 aromatic carbocycles. The summed E-state index contributed by atoms with van der Waals surface area (Å²) in [6.45, 7) is 2.06. The molecule has 78 valence electrons. The van der Waals surface area contributed by atoms with Crippen LogP contribution in [0, 0.1) is 6.92 Å². The number of thioether (sulfide) groups is 1. The average molecular weight is 212 g/mol. The summed E-state index contributed by atoms with van der Waals surface area (Å²) in [4.78, 5) is 0. The Morgan fingerprint density at radius 2 is 1.57 bits per heavy atom. The molecule has 14 heavy (non-hydrogen) atoms. The van der Waals surface area contributed by atoms with Crippen LogP contribution in [-0.2, 0) is 14.6 Å². The van der Waals surface area contributed by atoms with Crippen molar-refractivity contribution in [2.45, 2.75) is 12.0 Å².